The highest BCUT2D eigenvalue weighted by molar-refractivity contribution is 6.31. The summed E-state index contributed by atoms with van der Waals surface area (Å²) >= 11 is 5.93. The third kappa shape index (κ3) is 3.00. The van der Waals surface area contributed by atoms with Gasteiger partial charge in [0.25, 0.3) is 0 Å². The summed E-state index contributed by atoms with van der Waals surface area (Å²) in [5.74, 6) is -0.565. The van der Waals surface area contributed by atoms with Gasteiger partial charge in [-0.2, -0.15) is 0 Å². The lowest BCUT2D eigenvalue weighted by atomic mass is 10.0. The highest BCUT2D eigenvalue weighted by Crippen LogP contribution is 2.31. The van der Waals surface area contributed by atoms with Crippen LogP contribution >= 0.6 is 11.6 Å². The van der Waals surface area contributed by atoms with E-state index in [-0.39, 0.29) is 11.3 Å². The predicted molar refractivity (Wildman–Crippen MR) is 79.1 cm³/mol. The number of hydrogen-bond donors (Lipinski definition) is 0. The summed E-state index contributed by atoms with van der Waals surface area (Å²) in [5.41, 5.74) is 1.04. The van der Waals surface area contributed by atoms with Crippen molar-refractivity contribution in [1.82, 2.24) is 0 Å². The van der Waals surface area contributed by atoms with Crippen LogP contribution in [0.1, 0.15) is 21.5 Å². The second kappa shape index (κ2) is 6.14. The molecule has 0 aliphatic heterocycles. The summed E-state index contributed by atoms with van der Waals surface area (Å²) in [7, 11) is 2.83. The van der Waals surface area contributed by atoms with Crippen molar-refractivity contribution in [2.75, 3.05) is 14.2 Å². The summed E-state index contributed by atoms with van der Waals surface area (Å²) in [6, 6.07) is 7.27. The van der Waals surface area contributed by atoms with Crippen molar-refractivity contribution in [3.63, 3.8) is 0 Å². The van der Waals surface area contributed by atoms with Gasteiger partial charge in [0.15, 0.2) is 17.3 Å². The van der Waals surface area contributed by atoms with Crippen LogP contribution in [0.3, 0.4) is 0 Å². The first-order chi connectivity index (χ1) is 9.97. The average molecular weight is 309 g/mol. The van der Waals surface area contributed by atoms with Crippen LogP contribution in [0.25, 0.3) is 0 Å². The Hall–Kier alpha value is -2.07. The van der Waals surface area contributed by atoms with Crippen LogP contribution in [-0.4, -0.2) is 20.0 Å². The van der Waals surface area contributed by atoms with Crippen LogP contribution in [0, 0.1) is 12.7 Å². The van der Waals surface area contributed by atoms with Gasteiger partial charge >= 0.3 is 0 Å². The molecule has 5 heteroatoms. The van der Waals surface area contributed by atoms with Gasteiger partial charge in [-0.25, -0.2) is 4.39 Å². The Bertz CT molecular complexity index is 698. The van der Waals surface area contributed by atoms with E-state index in [2.05, 4.69) is 0 Å². The first kappa shape index (κ1) is 15.3. The molecule has 0 amide bonds. The Morgan fingerprint density at radius 1 is 1.10 bits per heavy atom. The van der Waals surface area contributed by atoms with Crippen LogP contribution in [-0.2, 0) is 0 Å². The van der Waals surface area contributed by atoms with E-state index < -0.39 is 11.6 Å². The number of rotatable bonds is 4. The van der Waals surface area contributed by atoms with Crippen LogP contribution in [0.2, 0.25) is 5.02 Å². The van der Waals surface area contributed by atoms with Crippen LogP contribution in [0.5, 0.6) is 11.5 Å². The van der Waals surface area contributed by atoms with Crippen LogP contribution in [0.15, 0.2) is 30.3 Å². The Morgan fingerprint density at radius 3 is 2.29 bits per heavy atom. The molecule has 0 aromatic heterocycles. The van der Waals surface area contributed by atoms with Crippen molar-refractivity contribution in [2.24, 2.45) is 0 Å². The second-order valence-electron chi connectivity index (χ2n) is 4.48. The molecule has 2 aromatic carbocycles. The fourth-order valence-electron chi connectivity index (χ4n) is 1.97. The Kier molecular flexibility index (Phi) is 4.48. The van der Waals surface area contributed by atoms with E-state index in [1.165, 1.54) is 20.3 Å². The third-order valence-electron chi connectivity index (χ3n) is 3.14. The number of carbonyl (C=O) groups excluding carboxylic acids is 1. The summed E-state index contributed by atoms with van der Waals surface area (Å²) < 4.78 is 24.2. The fourth-order valence-corrected chi connectivity index (χ4v) is 2.09. The van der Waals surface area contributed by atoms with Gasteiger partial charge in [-0.1, -0.05) is 11.6 Å². The SMILES string of the molecule is COc1cc(F)c(C(=O)c2ccc(Cl)c(C)c2)cc1OC. The molecule has 0 saturated carbocycles. The van der Waals surface area contributed by atoms with Gasteiger partial charge in [0.05, 0.1) is 19.8 Å². The first-order valence-electron chi connectivity index (χ1n) is 6.20. The first-order valence-corrected chi connectivity index (χ1v) is 6.58. The summed E-state index contributed by atoms with van der Waals surface area (Å²) in [5, 5.41) is 0.555. The molecule has 0 aliphatic carbocycles. The van der Waals surface area contributed by atoms with Gasteiger partial charge in [0.1, 0.15) is 5.82 Å². The number of ketones is 1. The molecule has 21 heavy (non-hydrogen) atoms. The molecule has 3 nitrogen and oxygen atoms in total. The molecular formula is C16H14ClFO3. The van der Waals surface area contributed by atoms with Gasteiger partial charge in [-0.15, -0.1) is 0 Å². The molecule has 2 rings (SSSR count). The van der Waals surface area contributed by atoms with Crippen molar-refractivity contribution >= 4 is 17.4 Å². The zero-order valence-electron chi connectivity index (χ0n) is 11.9. The maximum Gasteiger partial charge on any atom is 0.196 e. The number of hydrogen-bond acceptors (Lipinski definition) is 3. The molecule has 0 spiro atoms. The summed E-state index contributed by atoms with van der Waals surface area (Å²) in [6.45, 7) is 1.78. The van der Waals surface area contributed by atoms with Gasteiger partial charge < -0.3 is 9.47 Å². The Morgan fingerprint density at radius 2 is 1.71 bits per heavy atom. The topological polar surface area (TPSA) is 35.5 Å². The predicted octanol–water partition coefficient (Wildman–Crippen LogP) is 4.04. The minimum Gasteiger partial charge on any atom is -0.493 e. The van der Waals surface area contributed by atoms with Gasteiger partial charge in [0, 0.05) is 16.7 Å². The largest absolute Gasteiger partial charge is 0.493 e. The summed E-state index contributed by atoms with van der Waals surface area (Å²) in [6.07, 6.45) is 0. The number of methoxy groups -OCH3 is 2. The molecule has 0 saturated heterocycles. The van der Waals surface area contributed by atoms with Crippen LogP contribution < -0.4 is 9.47 Å². The van der Waals surface area contributed by atoms with Gasteiger partial charge in [0.2, 0.25) is 0 Å². The Labute approximate surface area is 127 Å². The average Bonchev–Trinajstić information content (AvgIpc) is 2.49. The van der Waals surface area contributed by atoms with Gasteiger partial charge in [-0.3, -0.25) is 4.79 Å². The molecule has 2 aromatic rings. The van der Waals surface area contributed by atoms with E-state index in [9.17, 15) is 9.18 Å². The van der Waals surface area contributed by atoms with E-state index in [4.69, 9.17) is 21.1 Å². The molecule has 0 radical (unpaired) electrons. The van der Waals surface area contributed by atoms with Crippen LogP contribution in [0.4, 0.5) is 4.39 Å². The molecule has 0 heterocycles. The molecule has 0 unspecified atom stereocenters. The van der Waals surface area contributed by atoms with E-state index >= 15 is 0 Å². The lowest BCUT2D eigenvalue weighted by Crippen LogP contribution is -2.06. The number of halogens is 2. The standard InChI is InChI=1S/C16H14ClFO3/c1-9-6-10(4-5-12(9)17)16(19)11-7-14(20-2)15(21-3)8-13(11)18/h4-8H,1-3H3. The minimum atomic E-state index is -0.662. The van der Waals surface area contributed by atoms with Crippen molar-refractivity contribution in [3.05, 3.63) is 57.9 Å². The number of aryl methyl sites for hydroxylation is 1. The van der Waals surface area contributed by atoms with Crippen molar-refractivity contribution in [3.8, 4) is 11.5 Å². The molecule has 0 N–H and O–H groups in total. The smallest absolute Gasteiger partial charge is 0.196 e. The number of ether oxygens (including phenoxy) is 2. The van der Waals surface area contributed by atoms with Crippen molar-refractivity contribution in [2.45, 2.75) is 6.92 Å². The highest BCUT2D eigenvalue weighted by atomic mass is 35.5. The summed E-state index contributed by atoms with van der Waals surface area (Å²) in [4.78, 5) is 12.4. The molecule has 0 bridgehead atoms. The zero-order valence-corrected chi connectivity index (χ0v) is 12.6. The zero-order chi connectivity index (χ0) is 15.6. The van der Waals surface area contributed by atoms with E-state index in [1.54, 1.807) is 25.1 Å². The van der Waals surface area contributed by atoms with E-state index in [0.717, 1.165) is 11.6 Å². The second-order valence-corrected chi connectivity index (χ2v) is 4.89. The maximum atomic E-state index is 14.1. The Balaban J connectivity index is 2.50. The quantitative estimate of drug-likeness (QED) is 0.800. The highest BCUT2D eigenvalue weighted by Gasteiger charge is 2.18. The maximum absolute atomic E-state index is 14.1. The molecule has 0 fully saturated rings. The molecule has 110 valence electrons. The van der Waals surface area contributed by atoms with Crippen molar-refractivity contribution < 1.29 is 18.7 Å². The molecule has 0 atom stereocenters. The minimum absolute atomic E-state index is 0.0747. The molecule has 0 aliphatic rings. The third-order valence-corrected chi connectivity index (χ3v) is 3.56. The van der Waals surface area contributed by atoms with Crippen molar-refractivity contribution in [1.29, 1.82) is 0 Å². The lowest BCUT2D eigenvalue weighted by Gasteiger charge is -2.11. The number of carbonyl (C=O) groups is 1. The van der Waals surface area contributed by atoms with E-state index in [0.29, 0.717) is 16.3 Å². The van der Waals surface area contributed by atoms with Gasteiger partial charge in [-0.05, 0) is 36.8 Å². The lowest BCUT2D eigenvalue weighted by molar-refractivity contribution is 0.103. The fraction of sp³-hybridized carbons (Fsp3) is 0.188. The van der Waals surface area contributed by atoms with E-state index in [1.807, 2.05) is 0 Å². The molecular weight excluding hydrogens is 295 g/mol. The normalized spacial score (nSPS) is 10.3. The monoisotopic (exact) mass is 308 g/mol. The number of benzene rings is 2.